The summed E-state index contributed by atoms with van der Waals surface area (Å²) in [5.74, 6) is 0. The highest BCUT2D eigenvalue weighted by molar-refractivity contribution is 7.99. The molecule has 20 heavy (non-hydrogen) atoms. The Morgan fingerprint density at radius 1 is 0.750 bits per heavy atom. The first-order chi connectivity index (χ1) is 9.75. The minimum Gasteiger partial charge on any atom is -0.0902 e. The second kappa shape index (κ2) is 7.14. The van der Waals surface area contributed by atoms with Gasteiger partial charge in [-0.1, -0.05) is 87.1 Å². The quantitative estimate of drug-likeness (QED) is 0.630. The van der Waals surface area contributed by atoms with Crippen LogP contribution < -0.4 is 5.19 Å². The smallest absolute Gasteiger partial charge is 0.0874 e. The fourth-order valence-corrected chi connectivity index (χ4v) is 8.30. The molecule has 2 aromatic carbocycles. The topological polar surface area (TPSA) is 0 Å². The van der Waals surface area contributed by atoms with E-state index < -0.39 is 8.07 Å². The molecule has 0 spiro atoms. The van der Waals surface area contributed by atoms with E-state index >= 15 is 0 Å². The average Bonchev–Trinajstić information content (AvgIpc) is 2.52. The molecular weight excluding hydrogens is 276 g/mol. The molecule has 0 unspecified atom stereocenters. The van der Waals surface area contributed by atoms with Crippen molar-refractivity contribution in [2.24, 2.45) is 0 Å². The monoisotopic (exact) mass is 300 g/mol. The molecule has 0 N–H and O–H groups in total. The Morgan fingerprint density at radius 2 is 1.30 bits per heavy atom. The lowest BCUT2D eigenvalue weighted by atomic mass is 10.4. The Kier molecular flexibility index (Phi) is 5.50. The maximum atomic E-state index is 2.38. The SMILES string of the molecule is CC[Si](CC)(CC)c1ccccc1Sc1ccccc1. The van der Waals surface area contributed by atoms with Gasteiger partial charge in [-0.2, -0.15) is 0 Å². The van der Waals surface area contributed by atoms with E-state index in [0.717, 1.165) is 0 Å². The third-order valence-corrected chi connectivity index (χ3v) is 11.4. The lowest BCUT2D eigenvalue weighted by Crippen LogP contribution is -2.46. The van der Waals surface area contributed by atoms with Crippen LogP contribution in [0.25, 0.3) is 0 Å². The van der Waals surface area contributed by atoms with Crippen LogP contribution in [0.2, 0.25) is 18.1 Å². The minimum atomic E-state index is -1.31. The van der Waals surface area contributed by atoms with Crippen molar-refractivity contribution in [2.75, 3.05) is 0 Å². The van der Waals surface area contributed by atoms with Crippen molar-refractivity contribution < 1.29 is 0 Å². The standard InChI is InChI=1S/C18H24SSi/c1-4-20(5-2,6-3)18-15-11-10-14-17(18)19-16-12-8-7-9-13-16/h7-15H,4-6H2,1-3H3. The highest BCUT2D eigenvalue weighted by Gasteiger charge is 2.31. The van der Waals surface area contributed by atoms with Crippen molar-refractivity contribution >= 4 is 25.0 Å². The van der Waals surface area contributed by atoms with Crippen molar-refractivity contribution in [3.8, 4) is 0 Å². The van der Waals surface area contributed by atoms with E-state index in [4.69, 9.17) is 0 Å². The molecule has 0 saturated heterocycles. The first kappa shape index (κ1) is 15.4. The highest BCUT2D eigenvalue weighted by atomic mass is 32.2. The van der Waals surface area contributed by atoms with Crippen molar-refractivity contribution in [3.05, 3.63) is 54.6 Å². The molecule has 106 valence electrons. The second-order valence-electron chi connectivity index (χ2n) is 5.25. The van der Waals surface area contributed by atoms with Gasteiger partial charge in [-0.3, -0.25) is 0 Å². The molecule has 0 amide bonds. The van der Waals surface area contributed by atoms with Gasteiger partial charge in [0.15, 0.2) is 0 Å². The Balaban J connectivity index is 2.40. The first-order valence-corrected chi connectivity index (χ1v) is 11.0. The van der Waals surface area contributed by atoms with E-state index in [2.05, 4.69) is 75.4 Å². The van der Waals surface area contributed by atoms with Gasteiger partial charge in [0.05, 0.1) is 8.07 Å². The van der Waals surface area contributed by atoms with Gasteiger partial charge in [0, 0.05) is 9.79 Å². The predicted octanol–water partition coefficient (Wildman–Crippen LogP) is 5.55. The van der Waals surface area contributed by atoms with Gasteiger partial charge in [0.25, 0.3) is 0 Å². The molecule has 0 aliphatic rings. The number of benzene rings is 2. The summed E-state index contributed by atoms with van der Waals surface area (Å²) in [4.78, 5) is 2.81. The molecule has 0 nitrogen and oxygen atoms in total. The number of hydrogen-bond acceptors (Lipinski definition) is 1. The van der Waals surface area contributed by atoms with Crippen molar-refractivity contribution in [1.82, 2.24) is 0 Å². The molecule has 0 aliphatic heterocycles. The Morgan fingerprint density at radius 3 is 1.90 bits per heavy atom. The van der Waals surface area contributed by atoms with E-state index in [9.17, 15) is 0 Å². The molecule has 0 aromatic heterocycles. The van der Waals surface area contributed by atoms with Gasteiger partial charge in [-0.15, -0.1) is 0 Å². The van der Waals surface area contributed by atoms with Gasteiger partial charge < -0.3 is 0 Å². The fourth-order valence-electron chi connectivity index (χ4n) is 2.93. The van der Waals surface area contributed by atoms with E-state index in [-0.39, 0.29) is 0 Å². The minimum absolute atomic E-state index is 1.31. The first-order valence-electron chi connectivity index (χ1n) is 7.58. The summed E-state index contributed by atoms with van der Waals surface area (Å²) in [5, 5.41) is 1.65. The summed E-state index contributed by atoms with van der Waals surface area (Å²) in [6.07, 6.45) is 0. The van der Waals surface area contributed by atoms with Crippen LogP contribution in [0.5, 0.6) is 0 Å². The summed E-state index contributed by atoms with van der Waals surface area (Å²) >= 11 is 1.92. The molecule has 0 fully saturated rings. The molecule has 0 radical (unpaired) electrons. The number of hydrogen-bond donors (Lipinski definition) is 0. The van der Waals surface area contributed by atoms with Gasteiger partial charge in [0.2, 0.25) is 0 Å². The Hall–Kier alpha value is -0.993. The van der Waals surface area contributed by atoms with Crippen LogP contribution in [0.3, 0.4) is 0 Å². The summed E-state index contributed by atoms with van der Waals surface area (Å²) in [5.41, 5.74) is 0. The molecule has 2 rings (SSSR count). The van der Waals surface area contributed by atoms with Crippen LogP contribution in [0.4, 0.5) is 0 Å². The molecule has 0 atom stereocenters. The predicted molar refractivity (Wildman–Crippen MR) is 93.8 cm³/mol. The van der Waals surface area contributed by atoms with Crippen molar-refractivity contribution in [3.63, 3.8) is 0 Å². The van der Waals surface area contributed by atoms with Crippen LogP contribution in [0.1, 0.15) is 20.8 Å². The average molecular weight is 301 g/mol. The van der Waals surface area contributed by atoms with Gasteiger partial charge >= 0.3 is 0 Å². The van der Waals surface area contributed by atoms with Crippen LogP contribution >= 0.6 is 11.8 Å². The molecule has 2 heteroatoms. The van der Waals surface area contributed by atoms with Crippen LogP contribution in [0, 0.1) is 0 Å². The lowest BCUT2D eigenvalue weighted by molar-refractivity contribution is 1.18. The van der Waals surface area contributed by atoms with Gasteiger partial charge in [0.1, 0.15) is 0 Å². The molecule has 2 aromatic rings. The van der Waals surface area contributed by atoms with Crippen molar-refractivity contribution in [2.45, 2.75) is 48.7 Å². The summed E-state index contributed by atoms with van der Waals surface area (Å²) in [6, 6.07) is 23.8. The third-order valence-electron chi connectivity index (χ3n) is 4.46. The maximum Gasteiger partial charge on any atom is 0.0874 e. The summed E-state index contributed by atoms with van der Waals surface area (Å²) < 4.78 is 0. The number of rotatable bonds is 6. The van der Waals surface area contributed by atoms with E-state index in [1.165, 1.54) is 27.9 Å². The Labute approximate surface area is 128 Å². The maximum absolute atomic E-state index is 2.38. The summed E-state index contributed by atoms with van der Waals surface area (Å²) in [6.45, 7) is 7.13. The van der Waals surface area contributed by atoms with Crippen LogP contribution in [-0.2, 0) is 0 Å². The van der Waals surface area contributed by atoms with Gasteiger partial charge in [-0.05, 0) is 23.4 Å². The molecule has 0 saturated carbocycles. The lowest BCUT2D eigenvalue weighted by Gasteiger charge is -2.30. The zero-order valence-electron chi connectivity index (χ0n) is 12.7. The zero-order chi connectivity index (χ0) is 14.4. The van der Waals surface area contributed by atoms with Crippen LogP contribution in [0.15, 0.2) is 64.4 Å². The second-order valence-corrected chi connectivity index (χ2v) is 11.6. The molecular formula is C18H24SSi. The molecule has 0 heterocycles. The highest BCUT2D eigenvalue weighted by Crippen LogP contribution is 2.30. The third kappa shape index (κ3) is 3.18. The van der Waals surface area contributed by atoms with Gasteiger partial charge in [-0.25, -0.2) is 0 Å². The largest absolute Gasteiger partial charge is 0.0902 e. The zero-order valence-corrected chi connectivity index (χ0v) is 14.5. The fraction of sp³-hybridized carbons (Fsp3) is 0.333. The normalized spacial score (nSPS) is 11.6. The van der Waals surface area contributed by atoms with E-state index in [1.54, 1.807) is 5.19 Å². The van der Waals surface area contributed by atoms with E-state index in [1.807, 2.05) is 11.8 Å². The Bertz CT molecular complexity index is 524. The van der Waals surface area contributed by atoms with E-state index in [0.29, 0.717) is 0 Å². The molecule has 0 aliphatic carbocycles. The van der Waals surface area contributed by atoms with Crippen molar-refractivity contribution in [1.29, 1.82) is 0 Å². The van der Waals surface area contributed by atoms with Crippen LogP contribution in [-0.4, -0.2) is 8.07 Å². The molecule has 0 bridgehead atoms. The summed E-state index contributed by atoms with van der Waals surface area (Å²) in [7, 11) is -1.31.